The van der Waals surface area contributed by atoms with Gasteiger partial charge in [-0.25, -0.2) is 19.3 Å². The van der Waals surface area contributed by atoms with Gasteiger partial charge in [-0.1, -0.05) is 12.1 Å². The van der Waals surface area contributed by atoms with Crippen LogP contribution in [0.25, 0.3) is 10.9 Å². The molecule has 3 rings (SSSR count). The number of anilines is 1. The third-order valence-corrected chi connectivity index (χ3v) is 3.60. The van der Waals surface area contributed by atoms with E-state index in [1.54, 1.807) is 31.5 Å². The van der Waals surface area contributed by atoms with Gasteiger partial charge in [-0.2, -0.15) is 0 Å². The molecule has 0 fully saturated rings. The maximum Gasteiger partial charge on any atom is 0.213 e. The number of rotatable bonds is 4. The van der Waals surface area contributed by atoms with E-state index in [1.165, 1.54) is 12.1 Å². The molecule has 0 saturated carbocycles. The summed E-state index contributed by atoms with van der Waals surface area (Å²) in [5, 5.41) is 4.19. The first kappa shape index (κ1) is 15.1. The highest BCUT2D eigenvalue weighted by atomic mass is 19.1. The maximum atomic E-state index is 13.1. The molecule has 1 atom stereocenters. The molecule has 6 heteroatoms. The fourth-order valence-corrected chi connectivity index (χ4v) is 2.39. The Hall–Kier alpha value is -2.76. The Morgan fingerprint density at radius 1 is 1.17 bits per heavy atom. The SMILES string of the molecule is COc1cc2c(N[C@H](C)c3ccc(F)cc3)nc(C)nc2cn1. The van der Waals surface area contributed by atoms with Gasteiger partial charge in [0.25, 0.3) is 0 Å². The lowest BCUT2D eigenvalue weighted by molar-refractivity contribution is 0.398. The normalized spacial score (nSPS) is 12.2. The third-order valence-electron chi connectivity index (χ3n) is 3.60. The van der Waals surface area contributed by atoms with Gasteiger partial charge in [0.1, 0.15) is 17.5 Å². The first-order valence-corrected chi connectivity index (χ1v) is 7.27. The molecule has 1 N–H and O–H groups in total. The number of nitrogens with zero attached hydrogens (tertiary/aromatic N) is 3. The van der Waals surface area contributed by atoms with Gasteiger partial charge in [-0.15, -0.1) is 0 Å². The van der Waals surface area contributed by atoms with Crippen LogP contribution in [0.15, 0.2) is 36.5 Å². The van der Waals surface area contributed by atoms with Crippen molar-refractivity contribution in [3.8, 4) is 5.88 Å². The second-order valence-electron chi connectivity index (χ2n) is 5.28. The van der Waals surface area contributed by atoms with Crippen molar-refractivity contribution < 1.29 is 9.13 Å². The van der Waals surface area contributed by atoms with Crippen LogP contribution in [0.3, 0.4) is 0 Å². The lowest BCUT2D eigenvalue weighted by Gasteiger charge is -2.17. The fraction of sp³-hybridized carbons (Fsp3) is 0.235. The Morgan fingerprint density at radius 3 is 2.61 bits per heavy atom. The van der Waals surface area contributed by atoms with Crippen molar-refractivity contribution >= 4 is 16.7 Å². The van der Waals surface area contributed by atoms with Gasteiger partial charge < -0.3 is 10.1 Å². The summed E-state index contributed by atoms with van der Waals surface area (Å²) in [6.45, 7) is 3.83. The van der Waals surface area contributed by atoms with E-state index in [2.05, 4.69) is 20.3 Å². The van der Waals surface area contributed by atoms with E-state index in [-0.39, 0.29) is 11.9 Å². The predicted molar refractivity (Wildman–Crippen MR) is 87.1 cm³/mol. The van der Waals surface area contributed by atoms with E-state index in [0.717, 1.165) is 16.5 Å². The summed E-state index contributed by atoms with van der Waals surface area (Å²) in [7, 11) is 1.57. The number of benzene rings is 1. The van der Waals surface area contributed by atoms with Crippen LogP contribution in [-0.4, -0.2) is 22.1 Å². The van der Waals surface area contributed by atoms with Crippen LogP contribution in [0.4, 0.5) is 10.2 Å². The molecule has 2 aromatic heterocycles. The average Bonchev–Trinajstić information content (AvgIpc) is 2.55. The molecule has 0 aliphatic carbocycles. The molecule has 0 aliphatic rings. The zero-order valence-electron chi connectivity index (χ0n) is 13.2. The number of hydrogen-bond donors (Lipinski definition) is 1. The Labute approximate surface area is 133 Å². The van der Waals surface area contributed by atoms with E-state index >= 15 is 0 Å². The molecule has 3 aromatic rings. The fourth-order valence-electron chi connectivity index (χ4n) is 2.39. The molecule has 0 radical (unpaired) electrons. The lowest BCUT2D eigenvalue weighted by Crippen LogP contribution is -2.09. The van der Waals surface area contributed by atoms with Gasteiger partial charge in [0.05, 0.1) is 18.8 Å². The van der Waals surface area contributed by atoms with Gasteiger partial charge in [0, 0.05) is 17.5 Å². The van der Waals surface area contributed by atoms with Crippen molar-refractivity contribution in [2.24, 2.45) is 0 Å². The number of halogens is 1. The molecular weight excluding hydrogens is 295 g/mol. The molecule has 0 unspecified atom stereocenters. The van der Waals surface area contributed by atoms with Crippen LogP contribution in [0.5, 0.6) is 5.88 Å². The molecule has 5 nitrogen and oxygen atoms in total. The average molecular weight is 312 g/mol. The van der Waals surface area contributed by atoms with Crippen LogP contribution in [0.1, 0.15) is 24.4 Å². The quantitative estimate of drug-likeness (QED) is 0.797. The highest BCUT2D eigenvalue weighted by Gasteiger charge is 2.12. The Balaban J connectivity index is 1.99. The number of fused-ring (bicyclic) bond motifs is 1. The van der Waals surface area contributed by atoms with Gasteiger partial charge in [-0.05, 0) is 31.5 Å². The van der Waals surface area contributed by atoms with Crippen molar-refractivity contribution in [1.29, 1.82) is 0 Å². The van der Waals surface area contributed by atoms with Crippen LogP contribution in [0, 0.1) is 12.7 Å². The summed E-state index contributed by atoms with van der Waals surface area (Å²) in [6.07, 6.45) is 1.66. The predicted octanol–water partition coefficient (Wildman–Crippen LogP) is 3.65. The number of aryl methyl sites for hydroxylation is 1. The second-order valence-corrected chi connectivity index (χ2v) is 5.28. The standard InChI is InChI=1S/C17H17FN4O/c1-10(12-4-6-13(18)7-5-12)20-17-14-8-16(23-3)19-9-15(14)21-11(2)22-17/h4-10H,1-3H3,(H,20,21,22)/t10-/m1/s1. The molecule has 2 heterocycles. The van der Waals surface area contributed by atoms with Crippen LogP contribution < -0.4 is 10.1 Å². The summed E-state index contributed by atoms with van der Waals surface area (Å²) >= 11 is 0. The number of pyridine rings is 1. The highest BCUT2D eigenvalue weighted by Crippen LogP contribution is 2.26. The minimum Gasteiger partial charge on any atom is -0.481 e. The molecule has 1 aromatic carbocycles. The summed E-state index contributed by atoms with van der Waals surface area (Å²) in [5.74, 6) is 1.60. The van der Waals surface area contributed by atoms with Gasteiger partial charge >= 0.3 is 0 Å². The highest BCUT2D eigenvalue weighted by molar-refractivity contribution is 5.89. The number of aromatic nitrogens is 3. The van der Waals surface area contributed by atoms with Crippen LogP contribution in [-0.2, 0) is 0 Å². The van der Waals surface area contributed by atoms with E-state index in [4.69, 9.17) is 4.74 Å². The second kappa shape index (κ2) is 6.16. The van der Waals surface area contributed by atoms with E-state index < -0.39 is 0 Å². The Kier molecular flexibility index (Phi) is 4.06. The Bertz CT molecular complexity index is 836. The van der Waals surface area contributed by atoms with Crippen LogP contribution in [0.2, 0.25) is 0 Å². The van der Waals surface area contributed by atoms with Gasteiger partial charge in [0.15, 0.2) is 0 Å². The van der Waals surface area contributed by atoms with Crippen molar-refractivity contribution in [2.45, 2.75) is 19.9 Å². The van der Waals surface area contributed by atoms with E-state index in [1.807, 2.05) is 13.8 Å². The lowest BCUT2D eigenvalue weighted by atomic mass is 10.1. The summed E-state index contributed by atoms with van der Waals surface area (Å²) < 4.78 is 18.2. The van der Waals surface area contributed by atoms with Gasteiger partial charge in [-0.3, -0.25) is 0 Å². The van der Waals surface area contributed by atoms with Crippen molar-refractivity contribution in [3.05, 3.63) is 53.7 Å². The molecule has 118 valence electrons. The smallest absolute Gasteiger partial charge is 0.213 e. The van der Waals surface area contributed by atoms with Crippen LogP contribution >= 0.6 is 0 Å². The van der Waals surface area contributed by atoms with Crippen molar-refractivity contribution in [3.63, 3.8) is 0 Å². The van der Waals surface area contributed by atoms with Gasteiger partial charge in [0.2, 0.25) is 5.88 Å². The number of methoxy groups -OCH3 is 1. The van der Waals surface area contributed by atoms with Crippen molar-refractivity contribution in [1.82, 2.24) is 15.0 Å². The van der Waals surface area contributed by atoms with Crippen molar-refractivity contribution in [2.75, 3.05) is 12.4 Å². The molecule has 0 bridgehead atoms. The zero-order chi connectivity index (χ0) is 16.4. The minimum absolute atomic E-state index is 0.0349. The molecule has 0 spiro atoms. The third kappa shape index (κ3) is 3.21. The molecule has 23 heavy (non-hydrogen) atoms. The zero-order valence-corrected chi connectivity index (χ0v) is 13.2. The Morgan fingerprint density at radius 2 is 1.91 bits per heavy atom. The monoisotopic (exact) mass is 312 g/mol. The molecule has 0 amide bonds. The summed E-state index contributed by atoms with van der Waals surface area (Å²) in [6, 6.07) is 8.17. The number of ether oxygens (including phenoxy) is 1. The number of hydrogen-bond acceptors (Lipinski definition) is 5. The maximum absolute atomic E-state index is 13.1. The summed E-state index contributed by atoms with van der Waals surface area (Å²) in [4.78, 5) is 13.0. The minimum atomic E-state index is -0.250. The first-order valence-electron chi connectivity index (χ1n) is 7.27. The first-order chi connectivity index (χ1) is 11.1. The molecular formula is C17H17FN4O. The van der Waals surface area contributed by atoms with E-state index in [0.29, 0.717) is 17.5 Å². The number of nitrogens with one attached hydrogen (secondary N) is 1. The molecule has 0 saturated heterocycles. The largest absolute Gasteiger partial charge is 0.481 e. The molecule has 0 aliphatic heterocycles. The summed E-state index contributed by atoms with van der Waals surface area (Å²) in [5.41, 5.74) is 1.71. The van der Waals surface area contributed by atoms with E-state index in [9.17, 15) is 4.39 Å². The topological polar surface area (TPSA) is 59.9 Å².